The molecule has 2 rings (SSSR count). The summed E-state index contributed by atoms with van der Waals surface area (Å²) in [6.07, 6.45) is 3.36. The third-order valence-electron chi connectivity index (χ3n) is 4.20. The lowest BCUT2D eigenvalue weighted by Crippen LogP contribution is -2.52. The fourth-order valence-corrected chi connectivity index (χ4v) is 2.47. The van der Waals surface area contributed by atoms with Crippen LogP contribution in [-0.2, 0) is 9.53 Å². The Morgan fingerprint density at radius 2 is 2.17 bits per heavy atom. The first-order valence-electron chi connectivity index (χ1n) is 7.09. The molecule has 1 aliphatic carbocycles. The minimum Gasteiger partial charge on any atom is -0.379 e. The second-order valence-electron chi connectivity index (χ2n) is 6.45. The largest absolute Gasteiger partial charge is 0.379 e. The van der Waals surface area contributed by atoms with Gasteiger partial charge in [0.2, 0.25) is 5.91 Å². The molecule has 1 saturated carbocycles. The topological polar surface area (TPSA) is 55.6 Å². The Morgan fingerprint density at radius 1 is 1.50 bits per heavy atom. The van der Waals surface area contributed by atoms with Gasteiger partial charge in [0.25, 0.3) is 0 Å². The molecule has 1 amide bonds. The zero-order valence-electron chi connectivity index (χ0n) is 11.8. The van der Waals surface area contributed by atoms with Crippen LogP contribution in [-0.4, -0.2) is 42.6 Å². The molecule has 4 heteroatoms. The van der Waals surface area contributed by atoms with Crippen LogP contribution in [0.3, 0.4) is 0 Å². The predicted molar refractivity (Wildman–Crippen MR) is 71.1 cm³/mol. The van der Waals surface area contributed by atoms with Gasteiger partial charge in [-0.1, -0.05) is 13.8 Å². The molecular weight excluding hydrogens is 228 g/mol. The van der Waals surface area contributed by atoms with Crippen LogP contribution < -0.4 is 5.73 Å². The van der Waals surface area contributed by atoms with Crippen LogP contribution >= 0.6 is 0 Å². The van der Waals surface area contributed by atoms with Crippen molar-refractivity contribution in [3.05, 3.63) is 0 Å². The monoisotopic (exact) mass is 254 g/mol. The van der Waals surface area contributed by atoms with Gasteiger partial charge in [0.1, 0.15) is 0 Å². The zero-order valence-corrected chi connectivity index (χ0v) is 11.8. The van der Waals surface area contributed by atoms with Crippen molar-refractivity contribution in [2.75, 3.05) is 19.8 Å². The molecule has 2 aliphatic rings. The van der Waals surface area contributed by atoms with Crippen molar-refractivity contribution < 1.29 is 9.53 Å². The number of rotatable bonds is 5. The van der Waals surface area contributed by atoms with E-state index in [1.54, 1.807) is 0 Å². The molecule has 2 N–H and O–H groups in total. The second kappa shape index (κ2) is 5.17. The first-order valence-corrected chi connectivity index (χ1v) is 7.09. The highest BCUT2D eigenvalue weighted by molar-refractivity contribution is 5.84. The van der Waals surface area contributed by atoms with Gasteiger partial charge in [0, 0.05) is 18.6 Å². The molecule has 18 heavy (non-hydrogen) atoms. The number of hydrogen-bond acceptors (Lipinski definition) is 3. The Kier molecular flexibility index (Phi) is 3.97. The van der Waals surface area contributed by atoms with Crippen molar-refractivity contribution in [1.82, 2.24) is 4.90 Å². The van der Waals surface area contributed by atoms with Gasteiger partial charge in [0.15, 0.2) is 0 Å². The molecule has 1 heterocycles. The molecule has 4 nitrogen and oxygen atoms in total. The standard InChI is InChI=1S/C14H26N2O2/c1-10(2)6-7-16(11-4-5-11)13(17)14(3)9-18-8-12(14)15/h10-12H,4-9,15H2,1-3H3. The van der Waals surface area contributed by atoms with Crippen molar-refractivity contribution in [3.8, 4) is 0 Å². The van der Waals surface area contributed by atoms with E-state index in [1.807, 2.05) is 6.92 Å². The quantitative estimate of drug-likeness (QED) is 0.806. The van der Waals surface area contributed by atoms with Crippen molar-refractivity contribution in [3.63, 3.8) is 0 Å². The van der Waals surface area contributed by atoms with Gasteiger partial charge in [-0.2, -0.15) is 0 Å². The van der Waals surface area contributed by atoms with E-state index in [9.17, 15) is 4.79 Å². The summed E-state index contributed by atoms with van der Waals surface area (Å²) in [7, 11) is 0. The van der Waals surface area contributed by atoms with Crippen molar-refractivity contribution in [2.24, 2.45) is 17.1 Å². The molecule has 1 saturated heterocycles. The summed E-state index contributed by atoms with van der Waals surface area (Å²) in [4.78, 5) is 14.8. The minimum absolute atomic E-state index is 0.162. The number of nitrogens with zero attached hydrogens (tertiary/aromatic N) is 1. The van der Waals surface area contributed by atoms with E-state index in [-0.39, 0.29) is 11.9 Å². The summed E-state index contributed by atoms with van der Waals surface area (Å²) in [6.45, 7) is 8.19. The molecule has 2 unspecified atom stereocenters. The molecule has 104 valence electrons. The maximum Gasteiger partial charge on any atom is 0.232 e. The minimum atomic E-state index is -0.514. The average Bonchev–Trinajstić information content (AvgIpc) is 3.07. The van der Waals surface area contributed by atoms with Gasteiger partial charge in [-0.15, -0.1) is 0 Å². The second-order valence-corrected chi connectivity index (χ2v) is 6.45. The summed E-state index contributed by atoms with van der Waals surface area (Å²) >= 11 is 0. The lowest BCUT2D eigenvalue weighted by Gasteiger charge is -2.33. The van der Waals surface area contributed by atoms with Crippen LogP contribution in [0.15, 0.2) is 0 Å². The van der Waals surface area contributed by atoms with E-state index in [1.165, 1.54) is 0 Å². The number of hydrogen-bond donors (Lipinski definition) is 1. The zero-order chi connectivity index (χ0) is 13.3. The molecule has 1 aliphatic heterocycles. The van der Waals surface area contributed by atoms with E-state index in [0.29, 0.717) is 25.2 Å². The van der Waals surface area contributed by atoms with Gasteiger partial charge in [-0.3, -0.25) is 4.79 Å². The van der Waals surface area contributed by atoms with Gasteiger partial charge in [0.05, 0.1) is 18.6 Å². The van der Waals surface area contributed by atoms with E-state index in [0.717, 1.165) is 25.8 Å². The maximum absolute atomic E-state index is 12.7. The lowest BCUT2D eigenvalue weighted by molar-refractivity contribution is -0.142. The van der Waals surface area contributed by atoms with Crippen LogP contribution in [0, 0.1) is 11.3 Å². The molecule has 0 aromatic rings. The van der Waals surface area contributed by atoms with Crippen LogP contribution in [0.2, 0.25) is 0 Å². The first kappa shape index (κ1) is 13.8. The van der Waals surface area contributed by atoms with Gasteiger partial charge >= 0.3 is 0 Å². The van der Waals surface area contributed by atoms with Crippen molar-refractivity contribution in [1.29, 1.82) is 0 Å². The van der Waals surface area contributed by atoms with E-state index in [4.69, 9.17) is 10.5 Å². The maximum atomic E-state index is 12.7. The van der Waals surface area contributed by atoms with Gasteiger partial charge < -0.3 is 15.4 Å². The molecular formula is C14H26N2O2. The Balaban J connectivity index is 2.03. The normalized spacial score (nSPS) is 31.9. The summed E-state index contributed by atoms with van der Waals surface area (Å²) in [5.41, 5.74) is 5.54. The summed E-state index contributed by atoms with van der Waals surface area (Å²) in [5, 5.41) is 0. The molecule has 0 radical (unpaired) electrons. The number of carbonyl (C=O) groups is 1. The molecule has 0 bridgehead atoms. The Bertz CT molecular complexity index is 315. The average molecular weight is 254 g/mol. The Labute approximate surface area is 110 Å². The third-order valence-corrected chi connectivity index (χ3v) is 4.20. The number of amides is 1. The highest BCUT2D eigenvalue weighted by Crippen LogP contribution is 2.35. The Hall–Kier alpha value is -0.610. The van der Waals surface area contributed by atoms with Gasteiger partial charge in [-0.05, 0) is 32.1 Å². The summed E-state index contributed by atoms with van der Waals surface area (Å²) in [6, 6.07) is 0.297. The van der Waals surface area contributed by atoms with E-state index in [2.05, 4.69) is 18.7 Å². The van der Waals surface area contributed by atoms with Crippen LogP contribution in [0.5, 0.6) is 0 Å². The molecule has 2 fully saturated rings. The smallest absolute Gasteiger partial charge is 0.232 e. The number of carbonyl (C=O) groups excluding carboxylic acids is 1. The Morgan fingerprint density at radius 3 is 2.61 bits per heavy atom. The molecule has 2 atom stereocenters. The summed E-state index contributed by atoms with van der Waals surface area (Å²) < 4.78 is 5.40. The molecule has 0 spiro atoms. The van der Waals surface area contributed by atoms with Crippen molar-refractivity contribution >= 4 is 5.91 Å². The number of nitrogens with two attached hydrogens (primary N) is 1. The van der Waals surface area contributed by atoms with Gasteiger partial charge in [-0.25, -0.2) is 0 Å². The van der Waals surface area contributed by atoms with E-state index < -0.39 is 5.41 Å². The van der Waals surface area contributed by atoms with Crippen molar-refractivity contribution in [2.45, 2.75) is 52.1 Å². The predicted octanol–water partition coefficient (Wildman–Crippen LogP) is 1.39. The molecule has 0 aromatic carbocycles. The molecule has 0 aromatic heterocycles. The highest BCUT2D eigenvalue weighted by atomic mass is 16.5. The van der Waals surface area contributed by atoms with Crippen LogP contribution in [0.4, 0.5) is 0 Å². The lowest BCUT2D eigenvalue weighted by atomic mass is 9.84. The van der Waals surface area contributed by atoms with E-state index >= 15 is 0 Å². The number of ether oxygens (including phenoxy) is 1. The third kappa shape index (κ3) is 2.69. The van der Waals surface area contributed by atoms with Crippen LogP contribution in [0.1, 0.15) is 40.0 Å². The SMILES string of the molecule is CC(C)CCN(C(=O)C1(C)COCC1N)C1CC1. The highest BCUT2D eigenvalue weighted by Gasteiger charge is 2.48. The summed E-state index contributed by atoms with van der Waals surface area (Å²) in [5.74, 6) is 0.830. The van der Waals surface area contributed by atoms with Crippen LogP contribution in [0.25, 0.3) is 0 Å². The fourth-order valence-electron chi connectivity index (χ4n) is 2.47. The first-order chi connectivity index (χ1) is 8.45. The fraction of sp³-hybridized carbons (Fsp3) is 0.929.